The summed E-state index contributed by atoms with van der Waals surface area (Å²) < 4.78 is 9.22. The van der Waals surface area contributed by atoms with Gasteiger partial charge in [-0.3, -0.25) is 14.9 Å². The van der Waals surface area contributed by atoms with Gasteiger partial charge < -0.3 is 14.6 Å². The monoisotopic (exact) mass is 231 g/mol. The van der Waals surface area contributed by atoms with Crippen LogP contribution >= 0.6 is 0 Å². The van der Waals surface area contributed by atoms with Crippen molar-refractivity contribution in [1.29, 1.82) is 0 Å². The molecule has 0 radical (unpaired) electrons. The van der Waals surface area contributed by atoms with Gasteiger partial charge in [0, 0.05) is 6.61 Å². The van der Waals surface area contributed by atoms with E-state index in [9.17, 15) is 9.59 Å². The maximum Gasteiger partial charge on any atom is 0.322 e. The van der Waals surface area contributed by atoms with Gasteiger partial charge in [-0.2, -0.15) is 0 Å². The second-order valence-electron chi connectivity index (χ2n) is 3.84. The molecule has 16 heavy (non-hydrogen) atoms. The number of hydrogen-bond donors (Lipinski definition) is 2. The Morgan fingerprint density at radius 3 is 1.94 bits per heavy atom. The summed E-state index contributed by atoms with van der Waals surface area (Å²) in [4.78, 5) is 22.7. The van der Waals surface area contributed by atoms with E-state index in [2.05, 4.69) is 14.8 Å². The Hall–Kier alpha value is -1.14. The number of ether oxygens (including phenoxy) is 2. The molecule has 1 aliphatic heterocycles. The van der Waals surface area contributed by atoms with Crippen molar-refractivity contribution < 1.29 is 24.2 Å². The molecule has 0 aromatic heterocycles. The third-order valence-corrected chi connectivity index (χ3v) is 2.77. The molecule has 0 aliphatic carbocycles. The van der Waals surface area contributed by atoms with Crippen molar-refractivity contribution in [1.82, 2.24) is 5.32 Å². The minimum atomic E-state index is -0.556. The van der Waals surface area contributed by atoms with E-state index in [1.807, 2.05) is 0 Å². The zero-order chi connectivity index (χ0) is 12.1. The molecule has 1 saturated heterocycles. The first-order valence-corrected chi connectivity index (χ1v) is 5.15. The Bertz CT molecular complexity index is 244. The zero-order valence-corrected chi connectivity index (χ0v) is 9.43. The molecule has 92 valence electrons. The highest BCUT2D eigenvalue weighted by molar-refractivity contribution is 5.80. The van der Waals surface area contributed by atoms with Gasteiger partial charge in [0.1, 0.15) is 12.1 Å². The molecular formula is C10H17NO5. The molecule has 1 rings (SSSR count). The fourth-order valence-electron chi connectivity index (χ4n) is 1.90. The van der Waals surface area contributed by atoms with E-state index in [-0.39, 0.29) is 12.5 Å². The predicted molar refractivity (Wildman–Crippen MR) is 54.6 cm³/mol. The highest BCUT2D eigenvalue weighted by Crippen LogP contribution is 2.21. The molecule has 0 spiro atoms. The maximum absolute atomic E-state index is 11.4. The van der Waals surface area contributed by atoms with Gasteiger partial charge in [0.2, 0.25) is 0 Å². The van der Waals surface area contributed by atoms with Crippen LogP contribution in [0.5, 0.6) is 0 Å². The Labute approximate surface area is 93.9 Å². The second kappa shape index (κ2) is 5.81. The lowest BCUT2D eigenvalue weighted by Crippen LogP contribution is -2.53. The van der Waals surface area contributed by atoms with E-state index in [0.717, 1.165) is 0 Å². The molecule has 3 atom stereocenters. The molecule has 0 amide bonds. The Balaban J connectivity index is 2.68. The molecule has 0 aromatic rings. The number of carbonyl (C=O) groups is 2. The van der Waals surface area contributed by atoms with Gasteiger partial charge in [-0.25, -0.2) is 0 Å². The fourth-order valence-corrected chi connectivity index (χ4v) is 1.90. The lowest BCUT2D eigenvalue weighted by Gasteiger charge is -2.32. The summed E-state index contributed by atoms with van der Waals surface area (Å²) in [5.41, 5.74) is 0. The number of aliphatic hydroxyl groups excluding tert-OH is 1. The van der Waals surface area contributed by atoms with Crippen LogP contribution < -0.4 is 5.32 Å². The topological polar surface area (TPSA) is 84.9 Å². The summed E-state index contributed by atoms with van der Waals surface area (Å²) in [6.07, 6.45) is 0.938. The highest BCUT2D eigenvalue weighted by atomic mass is 16.5. The third-order valence-electron chi connectivity index (χ3n) is 2.77. The Kier molecular flexibility index (Phi) is 4.70. The van der Waals surface area contributed by atoms with Gasteiger partial charge in [-0.15, -0.1) is 0 Å². The second-order valence-corrected chi connectivity index (χ2v) is 3.84. The van der Waals surface area contributed by atoms with Gasteiger partial charge in [0.05, 0.1) is 14.2 Å². The van der Waals surface area contributed by atoms with Crippen molar-refractivity contribution in [2.45, 2.75) is 24.9 Å². The summed E-state index contributed by atoms with van der Waals surface area (Å²) in [6.45, 7) is -0.0529. The van der Waals surface area contributed by atoms with Crippen LogP contribution in [-0.2, 0) is 19.1 Å². The van der Waals surface area contributed by atoms with Gasteiger partial charge in [-0.05, 0) is 18.8 Å². The minimum Gasteiger partial charge on any atom is -0.468 e. The Morgan fingerprint density at radius 2 is 1.62 bits per heavy atom. The van der Waals surface area contributed by atoms with E-state index in [4.69, 9.17) is 5.11 Å². The molecule has 1 heterocycles. The van der Waals surface area contributed by atoms with Crippen LogP contribution in [0.15, 0.2) is 0 Å². The lowest BCUT2D eigenvalue weighted by atomic mass is 9.88. The van der Waals surface area contributed by atoms with Crippen LogP contribution in [0.25, 0.3) is 0 Å². The molecule has 0 saturated carbocycles. The third kappa shape index (κ3) is 2.93. The molecule has 1 fully saturated rings. The first-order valence-electron chi connectivity index (χ1n) is 5.15. The number of hydrogen-bond acceptors (Lipinski definition) is 6. The molecule has 6 nitrogen and oxygen atoms in total. The van der Waals surface area contributed by atoms with E-state index in [1.54, 1.807) is 0 Å². The lowest BCUT2D eigenvalue weighted by molar-refractivity contribution is -0.149. The van der Waals surface area contributed by atoms with Crippen LogP contribution in [-0.4, -0.2) is 50.0 Å². The van der Waals surface area contributed by atoms with Gasteiger partial charge >= 0.3 is 11.9 Å². The average molecular weight is 231 g/mol. The van der Waals surface area contributed by atoms with Gasteiger partial charge in [-0.1, -0.05) is 0 Å². The number of piperidine rings is 1. The molecule has 0 aromatic carbocycles. The van der Waals surface area contributed by atoms with Gasteiger partial charge in [0.15, 0.2) is 0 Å². The average Bonchev–Trinajstić information content (AvgIpc) is 2.35. The summed E-state index contributed by atoms with van der Waals surface area (Å²) in [6, 6.07) is -1.11. The highest BCUT2D eigenvalue weighted by Gasteiger charge is 2.36. The normalized spacial score (nSPS) is 29.6. The molecule has 0 bridgehead atoms. The zero-order valence-electron chi connectivity index (χ0n) is 9.43. The van der Waals surface area contributed by atoms with E-state index in [1.165, 1.54) is 14.2 Å². The number of rotatable bonds is 3. The predicted octanol–water partition coefficient (Wildman–Crippen LogP) is -0.938. The SMILES string of the molecule is COC(=O)[C@@H]1CC(CO)C[C@H](C(=O)OC)N1. The number of carbonyl (C=O) groups excluding carboxylic acids is 2. The summed E-state index contributed by atoms with van der Waals surface area (Å²) in [5, 5.41) is 12.0. The summed E-state index contributed by atoms with van der Waals surface area (Å²) >= 11 is 0. The van der Waals surface area contributed by atoms with Crippen molar-refractivity contribution in [2.75, 3.05) is 20.8 Å². The van der Waals surface area contributed by atoms with Crippen LogP contribution in [0.3, 0.4) is 0 Å². The van der Waals surface area contributed by atoms with Crippen molar-refractivity contribution in [3.05, 3.63) is 0 Å². The molecule has 6 heteroatoms. The smallest absolute Gasteiger partial charge is 0.322 e. The fraction of sp³-hybridized carbons (Fsp3) is 0.800. The van der Waals surface area contributed by atoms with E-state index in [0.29, 0.717) is 12.8 Å². The first-order chi connectivity index (χ1) is 7.62. The molecule has 2 N–H and O–H groups in total. The van der Waals surface area contributed by atoms with Crippen molar-refractivity contribution in [2.24, 2.45) is 5.92 Å². The number of nitrogens with one attached hydrogen (secondary N) is 1. The van der Waals surface area contributed by atoms with Crippen LogP contribution in [0.2, 0.25) is 0 Å². The number of aliphatic hydroxyl groups is 1. The maximum atomic E-state index is 11.4. The largest absolute Gasteiger partial charge is 0.468 e. The molecule has 1 aliphatic rings. The minimum absolute atomic E-state index is 0.0529. The van der Waals surface area contributed by atoms with Crippen molar-refractivity contribution >= 4 is 11.9 Å². The van der Waals surface area contributed by atoms with E-state index >= 15 is 0 Å². The van der Waals surface area contributed by atoms with Crippen LogP contribution in [0.1, 0.15) is 12.8 Å². The van der Waals surface area contributed by atoms with Crippen LogP contribution in [0.4, 0.5) is 0 Å². The van der Waals surface area contributed by atoms with Crippen molar-refractivity contribution in [3.8, 4) is 0 Å². The molecule has 1 unspecified atom stereocenters. The molecular weight excluding hydrogens is 214 g/mol. The van der Waals surface area contributed by atoms with Crippen molar-refractivity contribution in [3.63, 3.8) is 0 Å². The standard InChI is InChI=1S/C10H17NO5/c1-15-9(13)7-3-6(5-12)4-8(11-7)10(14)16-2/h6-8,11-12H,3-5H2,1-2H3/t6?,7-,8+. The van der Waals surface area contributed by atoms with Crippen LogP contribution in [0, 0.1) is 5.92 Å². The summed E-state index contributed by atoms with van der Waals surface area (Å²) in [7, 11) is 2.58. The van der Waals surface area contributed by atoms with E-state index < -0.39 is 24.0 Å². The first kappa shape index (κ1) is 12.9. The Morgan fingerprint density at radius 1 is 1.19 bits per heavy atom. The number of methoxy groups -OCH3 is 2. The van der Waals surface area contributed by atoms with Gasteiger partial charge in [0.25, 0.3) is 0 Å². The summed E-state index contributed by atoms with van der Waals surface area (Å²) in [5.74, 6) is -0.937. The quantitative estimate of drug-likeness (QED) is 0.610. The number of esters is 2.